The molecular formula is C32H43N5O4. The van der Waals surface area contributed by atoms with Gasteiger partial charge in [-0.15, -0.1) is 0 Å². The van der Waals surface area contributed by atoms with Crippen molar-refractivity contribution in [2.45, 2.75) is 76.7 Å². The van der Waals surface area contributed by atoms with Gasteiger partial charge in [-0.2, -0.15) is 0 Å². The zero-order valence-corrected chi connectivity index (χ0v) is 24.5. The minimum absolute atomic E-state index is 0.0250. The zero-order chi connectivity index (χ0) is 29.5. The van der Waals surface area contributed by atoms with Crippen molar-refractivity contribution in [3.63, 3.8) is 0 Å². The lowest BCUT2D eigenvalue weighted by molar-refractivity contribution is -0.147. The predicted octanol–water partition coefficient (Wildman–Crippen LogP) is 2.62. The van der Waals surface area contributed by atoms with E-state index in [1.807, 2.05) is 74.5 Å². The van der Waals surface area contributed by atoms with Crippen LogP contribution in [0.15, 0.2) is 60.7 Å². The van der Waals surface area contributed by atoms with Crippen LogP contribution < -0.4 is 16.0 Å². The van der Waals surface area contributed by atoms with E-state index in [0.717, 1.165) is 11.1 Å². The van der Waals surface area contributed by atoms with Gasteiger partial charge in [0.2, 0.25) is 23.6 Å². The number of hydrogen-bond acceptors (Lipinski definition) is 5. The minimum atomic E-state index is -0.940. The fourth-order valence-corrected chi connectivity index (χ4v) is 5.76. The Balaban J connectivity index is 1.60. The maximum Gasteiger partial charge on any atom is 0.247 e. The molecule has 0 aromatic heterocycles. The summed E-state index contributed by atoms with van der Waals surface area (Å²) >= 11 is 0. The monoisotopic (exact) mass is 561 g/mol. The Labute approximate surface area is 243 Å². The lowest BCUT2D eigenvalue weighted by atomic mass is 9.98. The molecule has 0 saturated carbocycles. The number of fused-ring (bicyclic) bond motifs is 1. The first-order valence-corrected chi connectivity index (χ1v) is 14.7. The quantitative estimate of drug-likeness (QED) is 0.436. The molecule has 0 spiro atoms. The van der Waals surface area contributed by atoms with Crippen molar-refractivity contribution < 1.29 is 19.2 Å². The van der Waals surface area contributed by atoms with E-state index >= 15 is 0 Å². The van der Waals surface area contributed by atoms with E-state index < -0.39 is 18.1 Å². The molecule has 0 aliphatic carbocycles. The summed E-state index contributed by atoms with van der Waals surface area (Å²) in [7, 11) is 1.68. The van der Waals surface area contributed by atoms with Gasteiger partial charge in [0, 0.05) is 25.6 Å². The van der Waals surface area contributed by atoms with Gasteiger partial charge in [0.15, 0.2) is 0 Å². The van der Waals surface area contributed by atoms with Crippen LogP contribution in [0.25, 0.3) is 0 Å². The summed E-state index contributed by atoms with van der Waals surface area (Å²) in [4.78, 5) is 57.4. The van der Waals surface area contributed by atoms with Crippen molar-refractivity contribution in [3.8, 4) is 0 Å². The summed E-state index contributed by atoms with van der Waals surface area (Å²) < 4.78 is 0. The minimum Gasteiger partial charge on any atom is -0.343 e. The van der Waals surface area contributed by atoms with Gasteiger partial charge in [-0.3, -0.25) is 19.2 Å². The molecular weight excluding hydrogens is 518 g/mol. The molecule has 220 valence electrons. The average molecular weight is 562 g/mol. The average Bonchev–Trinajstić information content (AvgIpc) is 3.39. The molecule has 2 aromatic rings. The number of carbonyl (C=O) groups is 4. The Morgan fingerprint density at radius 3 is 2.07 bits per heavy atom. The summed E-state index contributed by atoms with van der Waals surface area (Å²) in [6, 6.07) is 16.9. The van der Waals surface area contributed by atoms with E-state index in [0.29, 0.717) is 32.2 Å². The summed E-state index contributed by atoms with van der Waals surface area (Å²) in [5, 5.41) is 8.99. The Bertz CT molecular complexity index is 1170. The summed E-state index contributed by atoms with van der Waals surface area (Å²) in [5.41, 5.74) is 1.90. The maximum absolute atomic E-state index is 14.1. The highest BCUT2D eigenvalue weighted by Crippen LogP contribution is 2.31. The van der Waals surface area contributed by atoms with Crippen LogP contribution >= 0.6 is 0 Å². The molecule has 4 rings (SSSR count). The smallest absolute Gasteiger partial charge is 0.247 e. The van der Waals surface area contributed by atoms with Gasteiger partial charge in [0.05, 0.1) is 12.1 Å². The highest BCUT2D eigenvalue weighted by Gasteiger charge is 2.46. The molecule has 2 heterocycles. The van der Waals surface area contributed by atoms with Crippen LogP contribution in [-0.4, -0.2) is 77.7 Å². The fraction of sp³-hybridized carbons (Fsp3) is 0.500. The first-order chi connectivity index (χ1) is 19.7. The molecule has 3 N–H and O–H groups in total. The molecule has 2 fully saturated rings. The van der Waals surface area contributed by atoms with Gasteiger partial charge in [-0.1, -0.05) is 74.5 Å². The van der Waals surface area contributed by atoms with Gasteiger partial charge in [0.25, 0.3) is 0 Å². The Morgan fingerprint density at radius 1 is 0.902 bits per heavy atom. The summed E-state index contributed by atoms with van der Waals surface area (Å²) in [6.07, 6.45) is 2.15. The van der Waals surface area contributed by atoms with Crippen LogP contribution in [0, 0.1) is 5.92 Å². The molecule has 2 aromatic carbocycles. The van der Waals surface area contributed by atoms with Gasteiger partial charge in [0.1, 0.15) is 12.1 Å². The molecule has 4 atom stereocenters. The topological polar surface area (TPSA) is 111 Å². The van der Waals surface area contributed by atoms with Crippen molar-refractivity contribution in [3.05, 3.63) is 71.8 Å². The number of hydrogen-bond donors (Lipinski definition) is 3. The van der Waals surface area contributed by atoms with Crippen molar-refractivity contribution in [2.24, 2.45) is 5.92 Å². The number of nitrogens with one attached hydrogen (secondary N) is 3. The first kappa shape index (κ1) is 30.2. The molecule has 9 nitrogen and oxygen atoms in total. The molecule has 0 unspecified atom stereocenters. The second kappa shape index (κ2) is 13.8. The summed E-state index contributed by atoms with van der Waals surface area (Å²) in [6.45, 7) is 6.24. The van der Waals surface area contributed by atoms with Crippen molar-refractivity contribution >= 4 is 23.6 Å². The van der Waals surface area contributed by atoms with E-state index in [1.165, 1.54) is 0 Å². The lowest BCUT2D eigenvalue weighted by Gasteiger charge is -2.39. The first-order valence-electron chi connectivity index (χ1n) is 14.7. The Hall–Kier alpha value is -3.72. The van der Waals surface area contributed by atoms with Crippen LogP contribution in [0.2, 0.25) is 0 Å². The van der Waals surface area contributed by atoms with E-state index in [-0.39, 0.29) is 48.2 Å². The molecule has 0 bridgehead atoms. The third-order valence-corrected chi connectivity index (χ3v) is 8.12. The molecule has 2 aliphatic heterocycles. The molecule has 2 saturated heterocycles. The lowest BCUT2D eigenvalue weighted by Crippen LogP contribution is -2.62. The highest BCUT2D eigenvalue weighted by atomic mass is 16.2. The van der Waals surface area contributed by atoms with Crippen LogP contribution in [0.3, 0.4) is 0 Å². The normalized spacial score (nSPS) is 21.7. The number of nitrogens with zero attached hydrogens (tertiary/aromatic N) is 2. The number of carbonyl (C=O) groups excluding carboxylic acids is 4. The zero-order valence-electron chi connectivity index (χ0n) is 24.5. The Kier molecular flexibility index (Phi) is 10.2. The number of amides is 4. The van der Waals surface area contributed by atoms with E-state index in [4.69, 9.17) is 0 Å². The SMILES string of the molecule is CN[C@@H](C)C(=O)N[C@H]1CN(C(=O)CC(C)C)CC[C@@H]2CC[C@@H](C(=O)NC(c3ccccc3)c3ccccc3)N2C1=O. The summed E-state index contributed by atoms with van der Waals surface area (Å²) in [5.74, 6) is -0.710. The second-order valence-corrected chi connectivity index (χ2v) is 11.6. The molecule has 41 heavy (non-hydrogen) atoms. The van der Waals surface area contributed by atoms with E-state index in [1.54, 1.807) is 23.8 Å². The van der Waals surface area contributed by atoms with Crippen molar-refractivity contribution in [2.75, 3.05) is 20.1 Å². The van der Waals surface area contributed by atoms with Crippen molar-refractivity contribution in [1.82, 2.24) is 25.8 Å². The number of rotatable bonds is 9. The predicted molar refractivity (Wildman–Crippen MR) is 158 cm³/mol. The Morgan fingerprint density at radius 2 is 1.51 bits per heavy atom. The maximum atomic E-state index is 14.1. The van der Waals surface area contributed by atoms with Crippen molar-refractivity contribution in [1.29, 1.82) is 0 Å². The van der Waals surface area contributed by atoms with Crippen LogP contribution in [0.5, 0.6) is 0 Å². The molecule has 4 amide bonds. The van der Waals surface area contributed by atoms with Crippen LogP contribution in [0.4, 0.5) is 0 Å². The van der Waals surface area contributed by atoms with Crippen LogP contribution in [0.1, 0.15) is 63.6 Å². The molecule has 0 radical (unpaired) electrons. The largest absolute Gasteiger partial charge is 0.343 e. The van der Waals surface area contributed by atoms with Gasteiger partial charge in [-0.05, 0) is 50.3 Å². The van der Waals surface area contributed by atoms with Gasteiger partial charge >= 0.3 is 0 Å². The van der Waals surface area contributed by atoms with E-state index in [2.05, 4.69) is 16.0 Å². The third-order valence-electron chi connectivity index (χ3n) is 8.12. The standard InChI is InChI=1S/C32H43N5O4/c1-21(2)19-28(38)36-18-17-25-15-16-27(37(25)32(41)26(20-36)34-30(39)22(3)33-4)31(40)35-29(23-11-7-5-8-12-23)24-13-9-6-10-14-24/h5-14,21-22,25-27,29,33H,15-20H2,1-4H3,(H,34,39)(H,35,40)/t22-,25-,26-,27-/m0/s1. The third kappa shape index (κ3) is 7.33. The molecule has 9 heteroatoms. The number of benzene rings is 2. The van der Waals surface area contributed by atoms with E-state index in [9.17, 15) is 19.2 Å². The second-order valence-electron chi connectivity index (χ2n) is 11.6. The van der Waals surface area contributed by atoms with Crippen LogP contribution in [-0.2, 0) is 19.2 Å². The van der Waals surface area contributed by atoms with Gasteiger partial charge in [-0.25, -0.2) is 0 Å². The number of likely N-dealkylation sites (N-methyl/N-ethyl adjacent to an activating group) is 1. The molecule has 2 aliphatic rings. The van der Waals surface area contributed by atoms with Gasteiger partial charge < -0.3 is 25.8 Å². The fourth-order valence-electron chi connectivity index (χ4n) is 5.76. The highest BCUT2D eigenvalue weighted by molar-refractivity contribution is 5.94.